The van der Waals surface area contributed by atoms with Crippen LogP contribution in [0, 0.1) is 0 Å². The molecule has 182 valence electrons. The SMILES string of the molecule is COc1ccc(OC)c(-c2cc(C(=O)N(CCC(=O)NCc3ccco3)Cc3ccco3)no2)c1. The van der Waals surface area contributed by atoms with Gasteiger partial charge in [0.1, 0.15) is 23.0 Å². The van der Waals surface area contributed by atoms with Crippen LogP contribution in [0.3, 0.4) is 0 Å². The predicted molar refractivity (Wildman–Crippen MR) is 124 cm³/mol. The highest BCUT2D eigenvalue weighted by molar-refractivity contribution is 5.93. The first-order chi connectivity index (χ1) is 17.1. The summed E-state index contributed by atoms with van der Waals surface area (Å²) in [6, 6.07) is 13.8. The van der Waals surface area contributed by atoms with Crippen LogP contribution < -0.4 is 14.8 Å². The quantitative estimate of drug-likeness (QED) is 0.344. The van der Waals surface area contributed by atoms with Crippen molar-refractivity contribution in [2.24, 2.45) is 0 Å². The lowest BCUT2D eigenvalue weighted by Crippen LogP contribution is -2.35. The minimum Gasteiger partial charge on any atom is -0.497 e. The summed E-state index contributed by atoms with van der Waals surface area (Å²) in [5.74, 6) is 2.08. The van der Waals surface area contributed by atoms with Crippen molar-refractivity contribution in [2.75, 3.05) is 20.8 Å². The molecule has 3 heterocycles. The normalized spacial score (nSPS) is 10.7. The van der Waals surface area contributed by atoms with Crippen molar-refractivity contribution in [3.05, 3.63) is 78.3 Å². The van der Waals surface area contributed by atoms with Gasteiger partial charge in [-0.2, -0.15) is 0 Å². The van der Waals surface area contributed by atoms with Gasteiger partial charge in [0.15, 0.2) is 11.5 Å². The zero-order valence-electron chi connectivity index (χ0n) is 19.4. The van der Waals surface area contributed by atoms with Gasteiger partial charge >= 0.3 is 0 Å². The number of hydrogen-bond donors (Lipinski definition) is 1. The number of carbonyl (C=O) groups is 2. The summed E-state index contributed by atoms with van der Waals surface area (Å²) >= 11 is 0. The van der Waals surface area contributed by atoms with Gasteiger partial charge in [0.05, 0.1) is 45.4 Å². The summed E-state index contributed by atoms with van der Waals surface area (Å²) in [5.41, 5.74) is 0.681. The van der Waals surface area contributed by atoms with Crippen LogP contribution in [0.2, 0.25) is 0 Å². The number of carbonyl (C=O) groups excluding carboxylic acids is 2. The minimum atomic E-state index is -0.405. The van der Waals surface area contributed by atoms with Crippen LogP contribution in [-0.4, -0.2) is 42.6 Å². The summed E-state index contributed by atoms with van der Waals surface area (Å²) in [5, 5.41) is 6.74. The van der Waals surface area contributed by atoms with E-state index in [2.05, 4.69) is 10.5 Å². The van der Waals surface area contributed by atoms with Gasteiger partial charge in [-0.15, -0.1) is 0 Å². The molecular weight excluding hydrogens is 454 g/mol. The second kappa shape index (κ2) is 11.1. The number of aromatic nitrogens is 1. The van der Waals surface area contributed by atoms with Gasteiger partial charge in [-0.1, -0.05) is 5.16 Å². The molecule has 0 unspecified atom stereocenters. The maximum absolute atomic E-state index is 13.3. The van der Waals surface area contributed by atoms with E-state index in [4.69, 9.17) is 22.8 Å². The molecule has 0 fully saturated rings. The van der Waals surface area contributed by atoms with Crippen molar-refractivity contribution in [2.45, 2.75) is 19.5 Å². The van der Waals surface area contributed by atoms with Crippen LogP contribution in [0.1, 0.15) is 28.4 Å². The zero-order valence-corrected chi connectivity index (χ0v) is 19.4. The molecule has 0 spiro atoms. The molecule has 4 aromatic rings. The van der Waals surface area contributed by atoms with Gasteiger partial charge in [-0.05, 0) is 42.5 Å². The number of amides is 2. The van der Waals surface area contributed by atoms with Gasteiger partial charge < -0.3 is 33.0 Å². The lowest BCUT2D eigenvalue weighted by Gasteiger charge is -2.20. The molecule has 0 aliphatic carbocycles. The Balaban J connectivity index is 1.48. The van der Waals surface area contributed by atoms with Crippen molar-refractivity contribution in [1.29, 1.82) is 0 Å². The fraction of sp³-hybridized carbons (Fsp3) is 0.240. The van der Waals surface area contributed by atoms with Crippen LogP contribution in [0.25, 0.3) is 11.3 Å². The van der Waals surface area contributed by atoms with Crippen molar-refractivity contribution in [1.82, 2.24) is 15.4 Å². The number of furan rings is 2. The Morgan fingerprint density at radius 3 is 2.46 bits per heavy atom. The fourth-order valence-corrected chi connectivity index (χ4v) is 3.44. The number of nitrogens with zero attached hydrogens (tertiary/aromatic N) is 2. The number of nitrogens with one attached hydrogen (secondary N) is 1. The number of ether oxygens (including phenoxy) is 2. The van der Waals surface area contributed by atoms with E-state index in [0.29, 0.717) is 34.3 Å². The summed E-state index contributed by atoms with van der Waals surface area (Å²) in [6.07, 6.45) is 3.15. The van der Waals surface area contributed by atoms with Crippen LogP contribution in [0.4, 0.5) is 0 Å². The molecule has 0 atom stereocenters. The van der Waals surface area contributed by atoms with E-state index < -0.39 is 5.91 Å². The smallest absolute Gasteiger partial charge is 0.276 e. The molecule has 1 N–H and O–H groups in total. The third kappa shape index (κ3) is 5.91. The molecule has 0 bridgehead atoms. The van der Waals surface area contributed by atoms with E-state index in [1.165, 1.54) is 24.3 Å². The number of hydrogen-bond acceptors (Lipinski definition) is 8. The van der Waals surface area contributed by atoms with E-state index in [9.17, 15) is 9.59 Å². The molecule has 10 heteroatoms. The first-order valence-corrected chi connectivity index (χ1v) is 10.9. The lowest BCUT2D eigenvalue weighted by atomic mass is 10.1. The first-order valence-electron chi connectivity index (χ1n) is 10.9. The zero-order chi connectivity index (χ0) is 24.6. The van der Waals surface area contributed by atoms with Crippen LogP contribution in [0.15, 0.2) is 74.4 Å². The van der Waals surface area contributed by atoms with E-state index in [1.807, 2.05) is 0 Å². The fourth-order valence-electron chi connectivity index (χ4n) is 3.44. The van der Waals surface area contributed by atoms with Crippen molar-refractivity contribution < 1.29 is 32.4 Å². The van der Waals surface area contributed by atoms with E-state index in [0.717, 1.165) is 0 Å². The molecule has 10 nitrogen and oxygen atoms in total. The number of rotatable bonds is 11. The first kappa shape index (κ1) is 23.7. The summed E-state index contributed by atoms with van der Waals surface area (Å²) in [4.78, 5) is 27.1. The third-order valence-electron chi connectivity index (χ3n) is 5.26. The van der Waals surface area contributed by atoms with Gasteiger partial charge in [0, 0.05) is 19.0 Å². The molecule has 3 aromatic heterocycles. The van der Waals surface area contributed by atoms with Crippen molar-refractivity contribution in [3.63, 3.8) is 0 Å². The van der Waals surface area contributed by atoms with Crippen molar-refractivity contribution in [3.8, 4) is 22.8 Å². The molecule has 0 aliphatic heterocycles. The highest BCUT2D eigenvalue weighted by atomic mass is 16.5. The summed E-state index contributed by atoms with van der Waals surface area (Å²) < 4.78 is 26.8. The van der Waals surface area contributed by atoms with Crippen LogP contribution >= 0.6 is 0 Å². The van der Waals surface area contributed by atoms with Gasteiger partial charge in [0.25, 0.3) is 5.91 Å². The van der Waals surface area contributed by atoms with Crippen LogP contribution in [0.5, 0.6) is 11.5 Å². The van der Waals surface area contributed by atoms with Gasteiger partial charge in [-0.3, -0.25) is 9.59 Å². The number of methoxy groups -OCH3 is 2. The Morgan fingerprint density at radius 2 is 1.77 bits per heavy atom. The average Bonchev–Trinajstić information content (AvgIpc) is 3.67. The molecule has 1 aromatic carbocycles. The second-order valence-electron chi connectivity index (χ2n) is 7.55. The van der Waals surface area contributed by atoms with Gasteiger partial charge in [0.2, 0.25) is 5.91 Å². The molecule has 0 radical (unpaired) electrons. The van der Waals surface area contributed by atoms with E-state index in [-0.39, 0.29) is 37.7 Å². The summed E-state index contributed by atoms with van der Waals surface area (Å²) in [7, 11) is 3.09. The molecule has 0 aliphatic rings. The Kier molecular flexibility index (Phi) is 7.51. The van der Waals surface area contributed by atoms with Crippen molar-refractivity contribution >= 4 is 11.8 Å². The third-order valence-corrected chi connectivity index (χ3v) is 5.26. The highest BCUT2D eigenvalue weighted by Gasteiger charge is 2.23. The molecule has 2 amide bonds. The Bertz CT molecular complexity index is 1250. The molecule has 0 saturated carbocycles. The number of benzene rings is 1. The Hall–Kier alpha value is -4.47. The monoisotopic (exact) mass is 479 g/mol. The largest absolute Gasteiger partial charge is 0.497 e. The molecule has 4 rings (SSSR count). The van der Waals surface area contributed by atoms with Crippen LogP contribution in [-0.2, 0) is 17.9 Å². The maximum atomic E-state index is 13.3. The molecule has 35 heavy (non-hydrogen) atoms. The molecular formula is C25H25N3O7. The standard InChI is InChI=1S/C25H25N3O7/c1-31-17-7-8-22(32-2)20(13-17)23-14-21(27-35-23)25(30)28(16-19-6-4-12-34-19)10-9-24(29)26-15-18-5-3-11-33-18/h3-8,11-14H,9-10,15-16H2,1-2H3,(H,26,29). The average molecular weight is 479 g/mol. The summed E-state index contributed by atoms with van der Waals surface area (Å²) in [6.45, 7) is 0.586. The lowest BCUT2D eigenvalue weighted by molar-refractivity contribution is -0.121. The second-order valence-corrected chi connectivity index (χ2v) is 7.55. The predicted octanol–water partition coefficient (Wildman–Crippen LogP) is 3.89. The Morgan fingerprint density at radius 1 is 1.00 bits per heavy atom. The Labute approximate surface area is 201 Å². The highest BCUT2D eigenvalue weighted by Crippen LogP contribution is 2.34. The minimum absolute atomic E-state index is 0.0849. The van der Waals surface area contributed by atoms with E-state index in [1.54, 1.807) is 55.8 Å². The maximum Gasteiger partial charge on any atom is 0.276 e. The topological polar surface area (TPSA) is 120 Å². The van der Waals surface area contributed by atoms with E-state index >= 15 is 0 Å². The van der Waals surface area contributed by atoms with Gasteiger partial charge in [-0.25, -0.2) is 0 Å². The molecule has 0 saturated heterocycles.